The molecule has 2 aliphatic heterocycles. The first-order valence-corrected chi connectivity index (χ1v) is 12.2. The molecule has 190 valence electrons. The number of carbonyl (C=O) groups excluding carboxylic acids is 1. The zero-order valence-electron chi connectivity index (χ0n) is 20.8. The van der Waals surface area contributed by atoms with Crippen LogP contribution in [0.1, 0.15) is 31.4 Å². The Kier molecular flexibility index (Phi) is 8.13. The average molecular weight is 487 g/mol. The van der Waals surface area contributed by atoms with E-state index in [0.717, 1.165) is 12.0 Å². The van der Waals surface area contributed by atoms with Crippen molar-refractivity contribution >= 4 is 5.91 Å². The van der Waals surface area contributed by atoms with E-state index in [0.29, 0.717) is 81.2 Å². The zero-order valence-corrected chi connectivity index (χ0v) is 20.8. The lowest BCUT2D eigenvalue weighted by Crippen LogP contribution is -2.61. The summed E-state index contributed by atoms with van der Waals surface area (Å²) in [5.41, 5.74) is 0.337. The second-order valence-corrected chi connectivity index (χ2v) is 9.62. The van der Waals surface area contributed by atoms with Gasteiger partial charge in [0.15, 0.2) is 17.1 Å². The van der Waals surface area contributed by atoms with Crippen molar-refractivity contribution in [2.45, 2.75) is 38.8 Å². The molecule has 4 rings (SSSR count). The van der Waals surface area contributed by atoms with Gasteiger partial charge in [0.2, 0.25) is 0 Å². The predicted molar refractivity (Wildman–Crippen MR) is 131 cm³/mol. The molecule has 7 nitrogen and oxygen atoms in total. The van der Waals surface area contributed by atoms with Crippen molar-refractivity contribution in [3.05, 3.63) is 53.3 Å². The van der Waals surface area contributed by atoms with Crippen molar-refractivity contribution in [3.63, 3.8) is 0 Å². The number of benzene rings is 2. The Morgan fingerprint density at radius 2 is 1.94 bits per heavy atom. The third-order valence-electron chi connectivity index (χ3n) is 6.30. The first-order valence-electron chi connectivity index (χ1n) is 12.2. The lowest BCUT2D eigenvalue weighted by molar-refractivity contribution is -0.161. The number of rotatable bonds is 8. The fraction of sp³-hybridized carbons (Fsp3) is 0.519. The van der Waals surface area contributed by atoms with Gasteiger partial charge in [-0.05, 0) is 41.8 Å². The highest BCUT2D eigenvalue weighted by molar-refractivity contribution is 5.86. The summed E-state index contributed by atoms with van der Waals surface area (Å²) in [5, 5.41) is 3.06. The van der Waals surface area contributed by atoms with Crippen LogP contribution in [0.2, 0.25) is 0 Å². The largest absolute Gasteiger partial charge is 0.497 e. The van der Waals surface area contributed by atoms with E-state index >= 15 is 0 Å². The van der Waals surface area contributed by atoms with Gasteiger partial charge in [-0.15, -0.1) is 0 Å². The molecule has 1 amide bonds. The van der Waals surface area contributed by atoms with Crippen LogP contribution in [0.5, 0.6) is 17.2 Å². The zero-order chi connectivity index (χ0) is 24.8. The van der Waals surface area contributed by atoms with Crippen molar-refractivity contribution < 1.29 is 28.1 Å². The monoisotopic (exact) mass is 486 g/mol. The highest BCUT2D eigenvalue weighted by Gasteiger charge is 2.44. The molecule has 0 spiro atoms. The molecule has 0 radical (unpaired) electrons. The van der Waals surface area contributed by atoms with Gasteiger partial charge in [-0.1, -0.05) is 19.9 Å². The van der Waals surface area contributed by atoms with E-state index in [4.69, 9.17) is 18.9 Å². The Bertz CT molecular complexity index is 1030. The summed E-state index contributed by atoms with van der Waals surface area (Å²) in [7, 11) is 1.56. The smallest absolute Gasteiger partial charge is 0.253 e. The first-order chi connectivity index (χ1) is 16.9. The Morgan fingerprint density at radius 1 is 1.14 bits per heavy atom. The molecule has 2 aromatic carbocycles. The fourth-order valence-electron chi connectivity index (χ4n) is 4.46. The van der Waals surface area contributed by atoms with Crippen LogP contribution in [0, 0.1) is 11.7 Å². The van der Waals surface area contributed by atoms with E-state index < -0.39 is 5.60 Å². The first kappa shape index (κ1) is 25.3. The van der Waals surface area contributed by atoms with Crippen molar-refractivity contribution in [1.82, 2.24) is 10.2 Å². The second-order valence-electron chi connectivity index (χ2n) is 9.62. The standard InChI is InChI=1S/C27H35FN2O5/c1-19(2)16-29-26(31)27(15-20-5-8-24-25(13-20)34-11-4-10-33-24)18-30(9-12-35-27)17-21-14-22(32-3)6-7-23(21)28/h5-8,13-14,19H,4,9-12,15-18H2,1-3H3,(H,29,31)/t27-/m1/s1. The van der Waals surface area contributed by atoms with Crippen LogP contribution in [-0.2, 0) is 22.5 Å². The summed E-state index contributed by atoms with van der Waals surface area (Å²) in [6.45, 7) is 7.51. The topological polar surface area (TPSA) is 69.3 Å². The number of hydrogen-bond donors (Lipinski definition) is 1. The van der Waals surface area contributed by atoms with E-state index in [1.54, 1.807) is 19.2 Å². The normalized spacial score (nSPS) is 20.4. The predicted octanol–water partition coefficient (Wildman–Crippen LogP) is 3.58. The van der Waals surface area contributed by atoms with Crippen LogP contribution in [-0.4, -0.2) is 63.0 Å². The molecule has 0 aromatic heterocycles. The molecule has 35 heavy (non-hydrogen) atoms. The van der Waals surface area contributed by atoms with Crippen LogP contribution in [0.15, 0.2) is 36.4 Å². The molecule has 0 unspecified atom stereocenters. The fourth-order valence-corrected chi connectivity index (χ4v) is 4.46. The lowest BCUT2D eigenvalue weighted by Gasteiger charge is -2.42. The average Bonchev–Trinajstić information content (AvgIpc) is 3.09. The molecule has 8 heteroatoms. The number of fused-ring (bicyclic) bond motifs is 1. The Morgan fingerprint density at radius 3 is 2.71 bits per heavy atom. The number of methoxy groups -OCH3 is 1. The van der Waals surface area contributed by atoms with Gasteiger partial charge in [-0.2, -0.15) is 0 Å². The van der Waals surface area contributed by atoms with Gasteiger partial charge in [0.05, 0.1) is 26.9 Å². The molecule has 0 aliphatic carbocycles. The molecule has 2 heterocycles. The van der Waals surface area contributed by atoms with E-state index in [1.165, 1.54) is 6.07 Å². The molecule has 0 saturated carbocycles. The molecule has 1 atom stereocenters. The number of nitrogens with one attached hydrogen (secondary N) is 1. The number of halogens is 1. The van der Waals surface area contributed by atoms with Crippen molar-refractivity contribution in [2.75, 3.05) is 46.6 Å². The Balaban J connectivity index is 1.58. The van der Waals surface area contributed by atoms with Crippen molar-refractivity contribution in [1.29, 1.82) is 0 Å². The van der Waals surface area contributed by atoms with E-state index in [-0.39, 0.29) is 11.7 Å². The van der Waals surface area contributed by atoms with Gasteiger partial charge >= 0.3 is 0 Å². The molecule has 1 saturated heterocycles. The maximum atomic E-state index is 14.5. The van der Waals surface area contributed by atoms with Crippen LogP contribution >= 0.6 is 0 Å². The maximum absolute atomic E-state index is 14.5. The maximum Gasteiger partial charge on any atom is 0.253 e. The van der Waals surface area contributed by atoms with E-state index in [9.17, 15) is 9.18 Å². The number of morpholine rings is 1. The van der Waals surface area contributed by atoms with Gasteiger partial charge in [0.25, 0.3) is 5.91 Å². The minimum atomic E-state index is -1.11. The van der Waals surface area contributed by atoms with Crippen LogP contribution in [0.3, 0.4) is 0 Å². The molecule has 0 bridgehead atoms. The number of nitrogens with zero attached hydrogens (tertiary/aromatic N) is 1. The van der Waals surface area contributed by atoms with Crippen LogP contribution in [0.25, 0.3) is 0 Å². The number of hydrogen-bond acceptors (Lipinski definition) is 6. The number of amides is 1. The summed E-state index contributed by atoms with van der Waals surface area (Å²) in [5.74, 6) is 1.85. The van der Waals surface area contributed by atoms with Gasteiger partial charge in [0, 0.05) is 44.6 Å². The van der Waals surface area contributed by atoms with Crippen LogP contribution < -0.4 is 19.5 Å². The minimum absolute atomic E-state index is 0.158. The number of ether oxygens (including phenoxy) is 4. The third-order valence-corrected chi connectivity index (χ3v) is 6.30. The molecule has 1 fully saturated rings. The lowest BCUT2D eigenvalue weighted by atomic mass is 9.90. The van der Waals surface area contributed by atoms with Gasteiger partial charge in [-0.3, -0.25) is 9.69 Å². The molecule has 2 aromatic rings. The van der Waals surface area contributed by atoms with Gasteiger partial charge in [-0.25, -0.2) is 4.39 Å². The van der Waals surface area contributed by atoms with Crippen molar-refractivity contribution in [2.24, 2.45) is 5.92 Å². The second kappa shape index (κ2) is 11.3. The van der Waals surface area contributed by atoms with E-state index in [2.05, 4.69) is 24.1 Å². The van der Waals surface area contributed by atoms with Crippen LogP contribution in [0.4, 0.5) is 4.39 Å². The van der Waals surface area contributed by atoms with Gasteiger partial charge < -0.3 is 24.3 Å². The molecule has 2 aliphatic rings. The third kappa shape index (κ3) is 6.24. The molecular weight excluding hydrogens is 451 g/mol. The van der Waals surface area contributed by atoms with Crippen molar-refractivity contribution in [3.8, 4) is 17.2 Å². The summed E-state index contributed by atoms with van der Waals surface area (Å²) >= 11 is 0. The van der Waals surface area contributed by atoms with E-state index in [1.807, 2.05) is 18.2 Å². The summed E-state index contributed by atoms with van der Waals surface area (Å²) in [6, 6.07) is 10.5. The highest BCUT2D eigenvalue weighted by Crippen LogP contribution is 2.33. The molecular formula is C27H35FN2O5. The summed E-state index contributed by atoms with van der Waals surface area (Å²) in [6.07, 6.45) is 1.19. The summed E-state index contributed by atoms with van der Waals surface area (Å²) < 4.78 is 37.7. The number of carbonyl (C=O) groups is 1. The SMILES string of the molecule is COc1ccc(F)c(CN2CCO[C@@](Cc3ccc4c(c3)OCCCO4)(C(=O)NCC(C)C)C2)c1. The Labute approximate surface area is 206 Å². The highest BCUT2D eigenvalue weighted by atomic mass is 19.1. The minimum Gasteiger partial charge on any atom is -0.497 e. The van der Waals surface area contributed by atoms with Gasteiger partial charge in [0.1, 0.15) is 11.6 Å². The molecule has 1 N–H and O–H groups in total. The quantitative estimate of drug-likeness (QED) is 0.615. The Hall–Kier alpha value is -2.84. The summed E-state index contributed by atoms with van der Waals surface area (Å²) in [4.78, 5) is 15.6.